The topological polar surface area (TPSA) is 12.9 Å². The van der Waals surface area contributed by atoms with Gasteiger partial charge in [-0.05, 0) is 23.6 Å². The van der Waals surface area contributed by atoms with E-state index >= 15 is 0 Å². The number of para-hydroxylation sites is 1. The standard InChI is InChI=1S/C12H13N.2C2H6/c1-9(2)10-7-8-13-12-6-4-3-5-11(10)12;2*1-2/h3-9H,1-2H3;2*1-2H3. The third kappa shape index (κ3) is 4.18. The number of benzene rings is 1. The van der Waals surface area contributed by atoms with Crippen molar-refractivity contribution in [3.63, 3.8) is 0 Å². The van der Waals surface area contributed by atoms with Crippen LogP contribution in [0.15, 0.2) is 36.5 Å². The van der Waals surface area contributed by atoms with E-state index in [-0.39, 0.29) is 0 Å². The molecule has 0 aliphatic carbocycles. The minimum atomic E-state index is 0.563. The molecular weight excluding hydrogens is 206 g/mol. The summed E-state index contributed by atoms with van der Waals surface area (Å²) in [6.45, 7) is 12.4. The summed E-state index contributed by atoms with van der Waals surface area (Å²) in [4.78, 5) is 4.32. The average molecular weight is 231 g/mol. The maximum absolute atomic E-state index is 4.32. The largest absolute Gasteiger partial charge is 0.256 e. The summed E-state index contributed by atoms with van der Waals surface area (Å²) < 4.78 is 0. The van der Waals surface area contributed by atoms with Crippen molar-refractivity contribution in [2.24, 2.45) is 0 Å². The Bertz CT molecular complexity index is 413. The van der Waals surface area contributed by atoms with Gasteiger partial charge in [-0.2, -0.15) is 0 Å². The van der Waals surface area contributed by atoms with Crippen LogP contribution >= 0.6 is 0 Å². The minimum Gasteiger partial charge on any atom is -0.256 e. The molecule has 1 aromatic heterocycles. The van der Waals surface area contributed by atoms with Crippen molar-refractivity contribution in [3.05, 3.63) is 42.1 Å². The molecule has 1 heteroatoms. The zero-order chi connectivity index (χ0) is 13.3. The van der Waals surface area contributed by atoms with Gasteiger partial charge in [-0.25, -0.2) is 0 Å². The highest BCUT2D eigenvalue weighted by molar-refractivity contribution is 5.82. The molecule has 0 unspecified atom stereocenters. The highest BCUT2D eigenvalue weighted by Crippen LogP contribution is 2.22. The van der Waals surface area contributed by atoms with Gasteiger partial charge in [0.25, 0.3) is 0 Å². The highest BCUT2D eigenvalue weighted by Gasteiger charge is 2.03. The van der Waals surface area contributed by atoms with Crippen LogP contribution in [0.5, 0.6) is 0 Å². The zero-order valence-electron chi connectivity index (χ0n) is 12.0. The first-order valence-electron chi connectivity index (χ1n) is 6.62. The van der Waals surface area contributed by atoms with Crippen LogP contribution in [-0.4, -0.2) is 4.98 Å². The second kappa shape index (κ2) is 8.74. The van der Waals surface area contributed by atoms with Crippen LogP contribution in [0.2, 0.25) is 0 Å². The molecule has 0 aliphatic heterocycles. The summed E-state index contributed by atoms with van der Waals surface area (Å²) in [5.41, 5.74) is 2.47. The van der Waals surface area contributed by atoms with Crippen LogP contribution in [0.3, 0.4) is 0 Å². The van der Waals surface area contributed by atoms with Gasteiger partial charge < -0.3 is 0 Å². The number of rotatable bonds is 1. The van der Waals surface area contributed by atoms with Crippen LogP contribution in [-0.2, 0) is 0 Å². The molecule has 0 aliphatic rings. The van der Waals surface area contributed by atoms with Gasteiger partial charge in [0, 0.05) is 11.6 Å². The number of fused-ring (bicyclic) bond motifs is 1. The molecule has 0 atom stereocenters. The van der Waals surface area contributed by atoms with Gasteiger partial charge in [0.2, 0.25) is 0 Å². The maximum Gasteiger partial charge on any atom is 0.0704 e. The van der Waals surface area contributed by atoms with E-state index in [0.29, 0.717) is 5.92 Å². The van der Waals surface area contributed by atoms with Gasteiger partial charge in [0.05, 0.1) is 5.52 Å². The molecule has 1 nitrogen and oxygen atoms in total. The number of pyridine rings is 1. The number of hydrogen-bond acceptors (Lipinski definition) is 1. The fraction of sp³-hybridized carbons (Fsp3) is 0.438. The fourth-order valence-corrected chi connectivity index (χ4v) is 1.62. The van der Waals surface area contributed by atoms with Crippen molar-refractivity contribution < 1.29 is 0 Å². The molecular formula is C16H25N. The lowest BCUT2D eigenvalue weighted by Crippen LogP contribution is -1.90. The molecule has 0 radical (unpaired) electrons. The molecule has 0 amide bonds. The molecule has 2 aromatic rings. The van der Waals surface area contributed by atoms with E-state index in [4.69, 9.17) is 0 Å². The SMILES string of the molecule is CC.CC.CC(C)c1ccnc2ccccc12. The van der Waals surface area contributed by atoms with E-state index in [9.17, 15) is 0 Å². The minimum absolute atomic E-state index is 0.563. The van der Waals surface area contributed by atoms with Crippen LogP contribution in [0.4, 0.5) is 0 Å². The number of hydrogen-bond donors (Lipinski definition) is 0. The molecule has 2 rings (SSSR count). The van der Waals surface area contributed by atoms with Crippen LogP contribution < -0.4 is 0 Å². The van der Waals surface area contributed by atoms with E-state index in [1.165, 1.54) is 10.9 Å². The summed E-state index contributed by atoms with van der Waals surface area (Å²) in [5.74, 6) is 0.563. The van der Waals surface area contributed by atoms with Crippen molar-refractivity contribution in [1.29, 1.82) is 0 Å². The van der Waals surface area contributed by atoms with Crippen LogP contribution in [0.1, 0.15) is 53.0 Å². The Morgan fingerprint density at radius 3 is 2.06 bits per heavy atom. The fourth-order valence-electron chi connectivity index (χ4n) is 1.62. The third-order valence-corrected chi connectivity index (χ3v) is 2.30. The smallest absolute Gasteiger partial charge is 0.0704 e. The van der Waals surface area contributed by atoms with Gasteiger partial charge in [0.15, 0.2) is 0 Å². The van der Waals surface area contributed by atoms with Crippen molar-refractivity contribution in [1.82, 2.24) is 4.98 Å². The molecule has 94 valence electrons. The predicted molar refractivity (Wildman–Crippen MR) is 78.5 cm³/mol. The lowest BCUT2D eigenvalue weighted by Gasteiger charge is -2.08. The third-order valence-electron chi connectivity index (χ3n) is 2.30. The van der Waals surface area contributed by atoms with E-state index in [0.717, 1.165) is 5.52 Å². The normalized spacial score (nSPS) is 9.12. The van der Waals surface area contributed by atoms with Crippen molar-refractivity contribution in [2.75, 3.05) is 0 Å². The van der Waals surface area contributed by atoms with E-state index in [2.05, 4.69) is 43.1 Å². The van der Waals surface area contributed by atoms with Crippen LogP contribution in [0, 0.1) is 0 Å². The second-order valence-electron chi connectivity index (χ2n) is 3.57. The van der Waals surface area contributed by atoms with Gasteiger partial charge >= 0.3 is 0 Å². The summed E-state index contributed by atoms with van der Waals surface area (Å²) in [5, 5.41) is 1.28. The average Bonchev–Trinajstić information content (AvgIpc) is 2.42. The Morgan fingerprint density at radius 1 is 0.882 bits per heavy atom. The molecule has 0 spiro atoms. The van der Waals surface area contributed by atoms with Gasteiger partial charge in [-0.3, -0.25) is 4.98 Å². The van der Waals surface area contributed by atoms with Crippen molar-refractivity contribution >= 4 is 10.9 Å². The summed E-state index contributed by atoms with van der Waals surface area (Å²) >= 11 is 0. The summed E-state index contributed by atoms with van der Waals surface area (Å²) in [7, 11) is 0. The molecule has 17 heavy (non-hydrogen) atoms. The predicted octanol–water partition coefficient (Wildman–Crippen LogP) is 5.41. The molecule has 0 fully saturated rings. The molecule has 0 saturated carbocycles. The summed E-state index contributed by atoms with van der Waals surface area (Å²) in [6, 6.07) is 10.4. The van der Waals surface area contributed by atoms with Crippen molar-refractivity contribution in [2.45, 2.75) is 47.5 Å². The van der Waals surface area contributed by atoms with Crippen LogP contribution in [0.25, 0.3) is 10.9 Å². The Morgan fingerprint density at radius 2 is 1.47 bits per heavy atom. The first-order chi connectivity index (χ1) is 8.29. The first-order valence-corrected chi connectivity index (χ1v) is 6.62. The van der Waals surface area contributed by atoms with Gasteiger partial charge in [-0.1, -0.05) is 59.7 Å². The number of nitrogens with zero attached hydrogens (tertiary/aromatic N) is 1. The Hall–Kier alpha value is -1.37. The van der Waals surface area contributed by atoms with E-state index < -0.39 is 0 Å². The molecule has 0 N–H and O–H groups in total. The zero-order valence-corrected chi connectivity index (χ0v) is 12.0. The van der Waals surface area contributed by atoms with Crippen molar-refractivity contribution in [3.8, 4) is 0 Å². The number of aromatic nitrogens is 1. The van der Waals surface area contributed by atoms with Gasteiger partial charge in [0.1, 0.15) is 0 Å². The van der Waals surface area contributed by atoms with E-state index in [1.54, 1.807) is 0 Å². The van der Waals surface area contributed by atoms with E-state index in [1.807, 2.05) is 40.0 Å². The summed E-state index contributed by atoms with van der Waals surface area (Å²) in [6.07, 6.45) is 1.89. The monoisotopic (exact) mass is 231 g/mol. The Labute approximate surface area is 106 Å². The molecule has 0 bridgehead atoms. The Kier molecular flexibility index (Phi) is 8.04. The lowest BCUT2D eigenvalue weighted by molar-refractivity contribution is 0.874. The second-order valence-corrected chi connectivity index (χ2v) is 3.57. The lowest BCUT2D eigenvalue weighted by atomic mass is 9.99. The quantitative estimate of drug-likeness (QED) is 0.639. The highest BCUT2D eigenvalue weighted by atomic mass is 14.6. The van der Waals surface area contributed by atoms with Gasteiger partial charge in [-0.15, -0.1) is 0 Å². The maximum atomic E-state index is 4.32. The molecule has 0 saturated heterocycles. The molecule has 1 heterocycles. The Balaban J connectivity index is 0.000000581. The first kappa shape index (κ1) is 15.6. The molecule has 1 aromatic carbocycles.